The van der Waals surface area contributed by atoms with Crippen LogP contribution >= 0.6 is 11.6 Å². The van der Waals surface area contributed by atoms with Gasteiger partial charge in [0, 0.05) is 17.8 Å². The van der Waals surface area contributed by atoms with Crippen molar-refractivity contribution >= 4 is 17.1 Å². The number of fused-ring (bicyclic) bond motifs is 1. The van der Waals surface area contributed by atoms with Crippen LogP contribution in [0.3, 0.4) is 0 Å². The van der Waals surface area contributed by atoms with Crippen LogP contribution in [0.1, 0.15) is 19.0 Å². The second kappa shape index (κ2) is 5.21. The Bertz CT molecular complexity index is 767. The minimum Gasteiger partial charge on any atom is -0.228 e. The first-order valence-corrected chi connectivity index (χ1v) is 6.86. The maximum absolute atomic E-state index is 13.4. The lowest BCUT2D eigenvalue weighted by molar-refractivity contribution is 0.584. The second-order valence-corrected chi connectivity index (χ2v) is 4.97. The molecular weight excluding hydrogens is 277 g/mol. The topological polar surface area (TPSA) is 30.2 Å². The third-order valence-electron chi connectivity index (χ3n) is 3.19. The third kappa shape index (κ3) is 2.16. The number of aryl methyl sites for hydroxylation is 1. The molecule has 0 N–H and O–H groups in total. The van der Waals surface area contributed by atoms with Crippen molar-refractivity contribution in [2.24, 2.45) is 0 Å². The zero-order valence-electron chi connectivity index (χ0n) is 11.0. The molecule has 0 aromatic carbocycles. The molecule has 0 atom stereocenters. The van der Waals surface area contributed by atoms with Gasteiger partial charge in [-0.05, 0) is 30.2 Å². The Kier molecular flexibility index (Phi) is 3.40. The molecule has 0 aliphatic rings. The smallest absolute Gasteiger partial charge is 0.213 e. The van der Waals surface area contributed by atoms with E-state index in [1.165, 1.54) is 12.3 Å². The van der Waals surface area contributed by atoms with E-state index in [0.717, 1.165) is 35.2 Å². The minimum atomic E-state index is -0.494. The lowest BCUT2D eigenvalue weighted by Gasteiger charge is -2.02. The van der Waals surface area contributed by atoms with Crippen LogP contribution < -0.4 is 0 Å². The summed E-state index contributed by atoms with van der Waals surface area (Å²) < 4.78 is 15.1. The molecule has 0 radical (unpaired) electrons. The van der Waals surface area contributed by atoms with E-state index < -0.39 is 5.95 Å². The van der Waals surface area contributed by atoms with Crippen LogP contribution in [-0.4, -0.2) is 14.6 Å². The average molecular weight is 290 g/mol. The first kappa shape index (κ1) is 13.1. The van der Waals surface area contributed by atoms with Crippen molar-refractivity contribution in [1.29, 1.82) is 0 Å². The molecule has 0 bridgehead atoms. The fourth-order valence-electron chi connectivity index (χ4n) is 2.37. The van der Waals surface area contributed by atoms with Crippen LogP contribution in [0, 0.1) is 5.95 Å². The van der Waals surface area contributed by atoms with E-state index in [1.807, 2.05) is 12.1 Å². The van der Waals surface area contributed by atoms with Crippen LogP contribution in [0.15, 0.2) is 36.5 Å². The highest BCUT2D eigenvalue weighted by Gasteiger charge is 2.15. The lowest BCUT2D eigenvalue weighted by Crippen LogP contribution is -1.90. The molecule has 0 unspecified atom stereocenters. The van der Waals surface area contributed by atoms with E-state index in [1.54, 1.807) is 16.6 Å². The molecule has 5 heteroatoms. The Morgan fingerprint density at radius 3 is 2.90 bits per heavy atom. The normalized spacial score (nSPS) is 11.2. The number of hydrogen-bond acceptors (Lipinski definition) is 2. The number of aromatic nitrogens is 3. The predicted molar refractivity (Wildman–Crippen MR) is 77.4 cm³/mol. The summed E-state index contributed by atoms with van der Waals surface area (Å²) in [5, 5.41) is 5.09. The van der Waals surface area contributed by atoms with Crippen molar-refractivity contribution in [3.8, 4) is 11.1 Å². The van der Waals surface area contributed by atoms with Gasteiger partial charge in [-0.2, -0.15) is 9.49 Å². The number of halogens is 2. The standard InChI is InChI=1S/C15H13ClFN3/c1-2-4-11-15(10-7-8-18-14(17)9-10)12-5-3-6-13(16)20(12)19-11/h3,5-9H,2,4H2,1H3. The molecule has 3 rings (SSSR count). The molecule has 0 spiro atoms. The van der Waals surface area contributed by atoms with Crippen LogP contribution in [0.5, 0.6) is 0 Å². The van der Waals surface area contributed by atoms with E-state index in [9.17, 15) is 4.39 Å². The van der Waals surface area contributed by atoms with E-state index in [-0.39, 0.29) is 0 Å². The zero-order valence-corrected chi connectivity index (χ0v) is 11.7. The van der Waals surface area contributed by atoms with Crippen molar-refractivity contribution < 1.29 is 4.39 Å². The lowest BCUT2D eigenvalue weighted by atomic mass is 10.0. The summed E-state index contributed by atoms with van der Waals surface area (Å²) in [4.78, 5) is 3.60. The molecule has 0 aliphatic carbocycles. The van der Waals surface area contributed by atoms with Crippen molar-refractivity contribution in [3.63, 3.8) is 0 Å². The summed E-state index contributed by atoms with van der Waals surface area (Å²) in [5.74, 6) is -0.494. The van der Waals surface area contributed by atoms with Crippen LogP contribution in [0.25, 0.3) is 16.6 Å². The molecule has 0 amide bonds. The summed E-state index contributed by atoms with van der Waals surface area (Å²) in [6.45, 7) is 2.09. The number of nitrogens with zero attached hydrogens (tertiary/aromatic N) is 3. The molecular formula is C15H13ClFN3. The quantitative estimate of drug-likeness (QED) is 0.678. The minimum absolute atomic E-state index is 0.494. The molecule has 0 saturated heterocycles. The maximum atomic E-state index is 13.4. The van der Waals surface area contributed by atoms with Gasteiger partial charge < -0.3 is 0 Å². The van der Waals surface area contributed by atoms with E-state index in [0.29, 0.717) is 5.15 Å². The first-order chi connectivity index (χ1) is 9.70. The van der Waals surface area contributed by atoms with Crippen LogP contribution in [0.2, 0.25) is 5.15 Å². The van der Waals surface area contributed by atoms with E-state index in [2.05, 4.69) is 17.0 Å². The Morgan fingerprint density at radius 2 is 2.15 bits per heavy atom. The summed E-state index contributed by atoms with van der Waals surface area (Å²) in [6, 6.07) is 8.81. The summed E-state index contributed by atoms with van der Waals surface area (Å²) in [5.41, 5.74) is 3.51. The SMILES string of the molecule is CCCc1nn2c(Cl)cccc2c1-c1ccnc(F)c1. The van der Waals surface area contributed by atoms with Gasteiger partial charge in [-0.1, -0.05) is 31.0 Å². The van der Waals surface area contributed by atoms with Gasteiger partial charge in [-0.15, -0.1) is 0 Å². The van der Waals surface area contributed by atoms with Crippen molar-refractivity contribution in [2.45, 2.75) is 19.8 Å². The van der Waals surface area contributed by atoms with E-state index >= 15 is 0 Å². The van der Waals surface area contributed by atoms with Crippen LogP contribution in [0.4, 0.5) is 4.39 Å². The van der Waals surface area contributed by atoms with Gasteiger partial charge >= 0.3 is 0 Å². The van der Waals surface area contributed by atoms with Gasteiger partial charge in [0.25, 0.3) is 0 Å². The molecule has 3 heterocycles. The number of hydrogen-bond donors (Lipinski definition) is 0. The summed E-state index contributed by atoms with van der Waals surface area (Å²) in [7, 11) is 0. The Morgan fingerprint density at radius 1 is 1.30 bits per heavy atom. The molecule has 3 aromatic rings. The molecule has 20 heavy (non-hydrogen) atoms. The van der Waals surface area contributed by atoms with Gasteiger partial charge in [0.2, 0.25) is 5.95 Å². The number of rotatable bonds is 3. The molecule has 0 saturated carbocycles. The highest BCUT2D eigenvalue weighted by Crippen LogP contribution is 2.30. The number of pyridine rings is 2. The van der Waals surface area contributed by atoms with Gasteiger partial charge in [-0.3, -0.25) is 0 Å². The predicted octanol–water partition coefficient (Wildman–Crippen LogP) is 4.14. The van der Waals surface area contributed by atoms with Gasteiger partial charge in [-0.25, -0.2) is 9.50 Å². The molecule has 3 aromatic heterocycles. The second-order valence-electron chi connectivity index (χ2n) is 4.58. The van der Waals surface area contributed by atoms with Gasteiger partial charge in [0.15, 0.2) is 0 Å². The molecule has 3 nitrogen and oxygen atoms in total. The fourth-order valence-corrected chi connectivity index (χ4v) is 2.57. The fraction of sp³-hybridized carbons (Fsp3) is 0.200. The summed E-state index contributed by atoms with van der Waals surface area (Å²) in [6.07, 6.45) is 3.24. The molecule has 0 aliphatic heterocycles. The van der Waals surface area contributed by atoms with Crippen molar-refractivity contribution in [1.82, 2.24) is 14.6 Å². The Hall–Kier alpha value is -1.94. The maximum Gasteiger partial charge on any atom is 0.213 e. The largest absolute Gasteiger partial charge is 0.228 e. The molecule has 102 valence electrons. The van der Waals surface area contributed by atoms with Crippen molar-refractivity contribution in [2.75, 3.05) is 0 Å². The Labute approximate surface area is 121 Å². The Balaban J connectivity index is 2.32. The van der Waals surface area contributed by atoms with Gasteiger partial charge in [0.1, 0.15) is 5.15 Å². The van der Waals surface area contributed by atoms with E-state index in [4.69, 9.17) is 11.6 Å². The third-order valence-corrected chi connectivity index (χ3v) is 3.47. The molecule has 0 fully saturated rings. The highest BCUT2D eigenvalue weighted by molar-refractivity contribution is 6.29. The highest BCUT2D eigenvalue weighted by atomic mass is 35.5. The summed E-state index contributed by atoms with van der Waals surface area (Å²) >= 11 is 6.18. The van der Waals surface area contributed by atoms with Crippen LogP contribution in [-0.2, 0) is 6.42 Å². The monoisotopic (exact) mass is 289 g/mol. The first-order valence-electron chi connectivity index (χ1n) is 6.48. The van der Waals surface area contributed by atoms with Gasteiger partial charge in [0.05, 0.1) is 11.2 Å². The average Bonchev–Trinajstić information content (AvgIpc) is 2.79. The van der Waals surface area contributed by atoms with Crippen molar-refractivity contribution in [3.05, 3.63) is 53.3 Å². The zero-order chi connectivity index (χ0) is 14.1.